The molecule has 6 aromatic rings. The number of thiocarbonyl (C=S) groups is 6. The summed E-state index contributed by atoms with van der Waals surface area (Å²) in [7, 11) is 0. The van der Waals surface area contributed by atoms with E-state index in [0.29, 0.717) is 6.54 Å². The number of nitrogens with one attached hydrogen (secondary N) is 12. The third kappa shape index (κ3) is 26.6. The fraction of sp³-hybridized carbons (Fsp3) is 0.412. The summed E-state index contributed by atoms with van der Waals surface area (Å²) in [5.41, 5.74) is 22.0. The van der Waals surface area contributed by atoms with E-state index in [4.69, 9.17) is 78.4 Å². The highest BCUT2D eigenvalue weighted by molar-refractivity contribution is 7.81. The zero-order valence-corrected chi connectivity index (χ0v) is 79.8. The molecule has 6 aromatic carbocycles. The fourth-order valence-corrected chi connectivity index (χ4v) is 18.8. The second-order valence-electron chi connectivity index (χ2n) is 33.6. The zero-order valence-electron chi connectivity index (χ0n) is 74.9. The molecule has 13 N–H and O–H groups in total. The number of anilines is 6. The third-order valence-electron chi connectivity index (χ3n) is 25.5. The van der Waals surface area contributed by atoms with Crippen molar-refractivity contribution < 1.29 is 14.3 Å². The Morgan fingerprint density at radius 2 is 0.585 bits per heavy atom. The van der Waals surface area contributed by atoms with Crippen LogP contribution in [0.2, 0.25) is 0 Å². The smallest absolute Gasteiger partial charge is 0.219 e. The molecule has 0 spiro atoms. The molecule has 130 heavy (non-hydrogen) atoms. The van der Waals surface area contributed by atoms with Crippen molar-refractivity contribution in [3.8, 4) is 0 Å². The molecule has 33 heteroatoms. The lowest BCUT2D eigenvalue weighted by molar-refractivity contribution is -0.130. The second kappa shape index (κ2) is 48.5. The van der Waals surface area contributed by atoms with E-state index in [-0.39, 0.29) is 19.2 Å². The van der Waals surface area contributed by atoms with Crippen LogP contribution in [0.5, 0.6) is 0 Å². The van der Waals surface area contributed by atoms with Crippen LogP contribution in [-0.4, -0.2) is 336 Å². The number of alkyl halides is 1. The summed E-state index contributed by atoms with van der Waals surface area (Å²) in [6, 6.07) is 50.8. The summed E-state index contributed by atoms with van der Waals surface area (Å²) in [5.74, 6) is 0.134. The molecule has 1 saturated carbocycles. The number of rotatable bonds is 13. The molecule has 0 bridgehead atoms. The van der Waals surface area contributed by atoms with Crippen LogP contribution < -0.4 is 63.8 Å². The van der Waals surface area contributed by atoms with E-state index in [9.17, 15) is 9.18 Å². The first-order valence-corrected chi connectivity index (χ1v) is 48.2. The first-order valence-electron chi connectivity index (χ1n) is 45.7. The van der Waals surface area contributed by atoms with Crippen LogP contribution in [0.25, 0.3) is 33.4 Å². The van der Waals surface area contributed by atoms with Gasteiger partial charge in [0.2, 0.25) is 5.91 Å². The van der Waals surface area contributed by atoms with E-state index in [2.05, 4.69) is 247 Å². The monoisotopic (exact) mass is 1870 g/mol. The summed E-state index contributed by atoms with van der Waals surface area (Å²) in [4.78, 5) is 38.1. The topological polar surface area (TPSA) is 221 Å². The van der Waals surface area contributed by atoms with Crippen LogP contribution in [0.15, 0.2) is 196 Å². The Hall–Kier alpha value is -10.6. The van der Waals surface area contributed by atoms with Gasteiger partial charge in [0.15, 0.2) is 30.7 Å². The van der Waals surface area contributed by atoms with Gasteiger partial charge in [-0.05, 0) is 169 Å². The van der Waals surface area contributed by atoms with Crippen LogP contribution in [-0.2, 0) is 4.79 Å². The lowest BCUT2D eigenvalue weighted by Gasteiger charge is -2.36. The van der Waals surface area contributed by atoms with Gasteiger partial charge >= 0.3 is 0 Å². The molecule has 0 radical (unpaired) electrons. The van der Waals surface area contributed by atoms with Crippen molar-refractivity contribution in [2.75, 3.05) is 261 Å². The molecule has 0 unspecified atom stereocenters. The van der Waals surface area contributed by atoms with Crippen LogP contribution in [0.4, 0.5) is 38.5 Å². The quantitative estimate of drug-likeness (QED) is 0.0484. The number of piperazine rings is 6. The number of amides is 1. The number of hydrogen-bond acceptors (Lipinski definition) is 19. The van der Waals surface area contributed by atoms with Gasteiger partial charge in [0, 0.05) is 327 Å². The van der Waals surface area contributed by atoms with Crippen molar-refractivity contribution >= 4 is 177 Å². The van der Waals surface area contributed by atoms with Gasteiger partial charge in [-0.1, -0.05) is 123 Å². The lowest BCUT2D eigenvalue weighted by Crippen LogP contribution is -2.52. The third-order valence-corrected chi connectivity index (χ3v) is 27.7. The Morgan fingerprint density at radius 3 is 0.823 bits per heavy atom. The number of β-amino-alcohol motifs (C(OH)–C–C–N with tert-alkyl or cyclic N) is 1. The van der Waals surface area contributed by atoms with Gasteiger partial charge < -0.3 is 113 Å². The molecule has 12 heterocycles. The molecule has 7 fully saturated rings. The molecular weight excluding hydrogens is 1740 g/mol. The van der Waals surface area contributed by atoms with Crippen molar-refractivity contribution in [1.82, 2.24) is 90.7 Å². The lowest BCUT2D eigenvalue weighted by atomic mass is 10.1. The summed E-state index contributed by atoms with van der Waals surface area (Å²) in [5, 5.41) is 53.7. The summed E-state index contributed by atoms with van der Waals surface area (Å²) in [6.45, 7) is 37.6. The Bertz CT molecular complexity index is 4990. The highest BCUT2D eigenvalue weighted by Gasteiger charge is 2.33. The van der Waals surface area contributed by atoms with Crippen molar-refractivity contribution in [3.63, 3.8) is 0 Å². The molecule has 19 rings (SSSR count). The SMILES string of the molecule is C=CN1CCN(C(=S)N/C=C2/CNc3ccccc32)CC1.CC(=O)N1CCN(C(=S)N/C=C2/CNc3ccccc32)CC1.CCN1CCN(C(=S)N/C=C2/CNc3ccccc32)CC1.FCCN1CCN(C(=S)N/C=C2/CNc3ccccc32)CC1.OCCN1CCN(C(=S)N/C=C2/CNc3ccccc32)CC1.S=C(N/C=C1/CNc2ccccc21)N1CCN(C2CC2)CC1. The molecule has 1 aliphatic carbocycles. The van der Waals surface area contributed by atoms with Crippen molar-refractivity contribution in [1.29, 1.82) is 0 Å². The second-order valence-corrected chi connectivity index (χ2v) is 35.9. The highest BCUT2D eigenvalue weighted by atomic mass is 32.1. The number of carbonyl (C=O) groups is 1. The average Bonchev–Trinajstić information content (AvgIpc) is 1.71. The number of halogens is 1. The van der Waals surface area contributed by atoms with Gasteiger partial charge in [-0.15, -0.1) is 0 Å². The molecule has 690 valence electrons. The van der Waals surface area contributed by atoms with Gasteiger partial charge in [-0.25, -0.2) is 4.39 Å². The maximum atomic E-state index is 12.3. The van der Waals surface area contributed by atoms with E-state index < -0.39 is 0 Å². The minimum absolute atomic E-state index is 0.134. The summed E-state index contributed by atoms with van der Waals surface area (Å²) in [6.07, 6.45) is 16.8. The zero-order chi connectivity index (χ0) is 90.5. The average molecular weight is 1870 g/mol. The Labute approximate surface area is 799 Å². The molecule has 12 aliphatic heterocycles. The predicted molar refractivity (Wildman–Crippen MR) is 558 cm³/mol. The van der Waals surface area contributed by atoms with E-state index in [1.807, 2.05) is 78.5 Å². The van der Waals surface area contributed by atoms with Gasteiger partial charge in [-0.3, -0.25) is 19.5 Å². The fourth-order valence-electron chi connectivity index (χ4n) is 17.4. The molecule has 13 aliphatic rings. The van der Waals surface area contributed by atoms with Crippen LogP contribution in [0, 0.1) is 0 Å². The predicted octanol–water partition coefficient (Wildman–Crippen LogP) is 10.5. The molecular formula is C97H127FN24O2S6. The molecule has 6 saturated heterocycles. The largest absolute Gasteiger partial charge is 0.395 e. The van der Waals surface area contributed by atoms with Crippen molar-refractivity contribution in [3.05, 3.63) is 229 Å². The number of benzene rings is 6. The number of carbonyl (C=O) groups excluding carboxylic acids is 1. The normalized spacial score (nSPS) is 20.2. The first kappa shape index (κ1) is 95.5. The van der Waals surface area contributed by atoms with E-state index in [0.717, 1.165) is 252 Å². The Kier molecular flexibility index (Phi) is 35.7. The molecule has 0 atom stereocenters. The Balaban J connectivity index is 0.000000126. The summed E-state index contributed by atoms with van der Waals surface area (Å²) >= 11 is 33.0. The maximum absolute atomic E-state index is 12.3. The van der Waals surface area contributed by atoms with E-state index in [1.165, 1.54) is 108 Å². The standard InChI is InChI=1S/C17H22N4S.C16H21FN4S.C16H20N4OS.C16H22N4OS.C16H22N4S.C16H20N4S/c22-17(21-9-7-20(8-10-21)14-5-6-14)19-12-13-11-18-16-4-2-1-3-15(13)16;17-5-6-20-7-9-21(10-8-20)16(22)19-12-13-11-18-15-4-2-1-3-14(13)15;1-12(21)19-6-8-20(9-7-19)16(22)18-11-13-10-17-15-5-3-2-4-14(13)15;21-10-9-19-5-7-20(8-6-19)16(22)18-12-13-11-17-15-4-2-1-3-14(13)15;2*1-2-19-7-9-20(10-8-19)16(21)18-12-13-11-17-15-6-4-3-5-14(13)15/h1-4,12,14,18H,5-11H2,(H,19,22);1-4,12,18H,5-11H2,(H,19,22);2-5,11,17H,6-10H2,1H3,(H,18,22);1-4,12,17,21H,5-11H2,(H,18,22);3-6,12,17H,2,7-11H2,1H3,(H,18,21);2-6,12,17H,1,7-11H2,(H,18,21)/b2*13-12-;13-11-;3*13-12-. The van der Waals surface area contributed by atoms with Crippen LogP contribution in [0.1, 0.15) is 60.1 Å². The summed E-state index contributed by atoms with van der Waals surface area (Å²) < 4.78 is 12.3. The van der Waals surface area contributed by atoms with Crippen LogP contribution >= 0.6 is 73.3 Å². The first-order chi connectivity index (χ1) is 63.6. The van der Waals surface area contributed by atoms with Gasteiger partial charge in [0.25, 0.3) is 0 Å². The molecule has 1 amide bonds. The Morgan fingerprint density at radius 1 is 0.354 bits per heavy atom. The number of nitrogens with zero attached hydrogens (tertiary/aromatic N) is 12. The van der Waals surface area contributed by atoms with Gasteiger partial charge in [0.1, 0.15) is 6.67 Å². The molecule has 26 nitrogen and oxygen atoms in total. The highest BCUT2D eigenvalue weighted by Crippen LogP contribution is 2.36. The van der Waals surface area contributed by atoms with Crippen LogP contribution in [0.3, 0.4) is 0 Å². The number of para-hydroxylation sites is 6. The van der Waals surface area contributed by atoms with Gasteiger partial charge in [-0.2, -0.15) is 0 Å². The number of hydrogen-bond donors (Lipinski definition) is 13. The molecule has 0 aromatic heterocycles. The number of aliphatic hydroxyl groups excluding tert-OH is 1. The van der Waals surface area contributed by atoms with Crippen molar-refractivity contribution in [2.45, 2.75) is 32.7 Å². The number of likely N-dealkylation sites (N-methyl/N-ethyl adjacent to an activating group) is 1. The maximum Gasteiger partial charge on any atom is 0.219 e. The van der Waals surface area contributed by atoms with E-state index >= 15 is 0 Å². The van der Waals surface area contributed by atoms with Gasteiger partial charge in [0.05, 0.1) is 6.61 Å². The van der Waals surface area contributed by atoms with Crippen molar-refractivity contribution in [2.24, 2.45) is 0 Å². The minimum atomic E-state index is -0.277. The van der Waals surface area contributed by atoms with E-state index in [1.54, 1.807) is 6.92 Å². The number of fused-ring (bicyclic) bond motifs is 6. The number of aliphatic hydroxyl groups is 1. The minimum Gasteiger partial charge on any atom is -0.395 e.